The smallest absolute Gasteiger partial charge is 0.296 e. The Labute approximate surface area is 137 Å². The zero-order valence-corrected chi connectivity index (χ0v) is 13.6. The highest BCUT2D eigenvalue weighted by atomic mass is 32.1. The van der Waals surface area contributed by atoms with E-state index < -0.39 is 11.7 Å². The zero-order valence-electron chi connectivity index (χ0n) is 12.7. The van der Waals surface area contributed by atoms with Crippen LogP contribution in [0.2, 0.25) is 0 Å². The van der Waals surface area contributed by atoms with Gasteiger partial charge >= 0.3 is 0 Å². The number of anilines is 1. The molecular formula is C17H15N3O2S. The van der Waals surface area contributed by atoms with Gasteiger partial charge < -0.3 is 5.32 Å². The topological polar surface area (TPSA) is 64.0 Å². The number of carbonyl (C=O) groups excluding carboxylic acids is 2. The Kier molecular flexibility index (Phi) is 4.08. The fraction of sp³-hybridized carbons (Fsp3) is 0.118. The van der Waals surface area contributed by atoms with Gasteiger partial charge in [-0.1, -0.05) is 18.2 Å². The van der Waals surface area contributed by atoms with Gasteiger partial charge in [0.25, 0.3) is 11.7 Å². The van der Waals surface area contributed by atoms with Crippen LogP contribution in [0.15, 0.2) is 47.2 Å². The SMILES string of the molecule is Cc1nn(-c2ccccc2)c(C)c1C(=O)C(=O)Nc1ccsc1. The van der Waals surface area contributed by atoms with E-state index in [2.05, 4.69) is 10.4 Å². The van der Waals surface area contributed by atoms with E-state index in [-0.39, 0.29) is 0 Å². The summed E-state index contributed by atoms with van der Waals surface area (Å²) in [5.74, 6) is -1.23. The van der Waals surface area contributed by atoms with Gasteiger partial charge in [0.15, 0.2) is 0 Å². The van der Waals surface area contributed by atoms with E-state index in [0.717, 1.165) is 5.69 Å². The molecule has 1 N–H and O–H groups in total. The van der Waals surface area contributed by atoms with Crippen LogP contribution in [0.1, 0.15) is 21.7 Å². The highest BCUT2D eigenvalue weighted by Crippen LogP contribution is 2.19. The standard InChI is InChI=1S/C17H15N3O2S/c1-11-15(16(21)17(22)18-13-8-9-23-10-13)12(2)20(19-11)14-6-4-3-5-7-14/h3-10H,1-2H3,(H,18,22). The fourth-order valence-electron chi connectivity index (χ4n) is 2.43. The number of thiophene rings is 1. The molecule has 2 aromatic heterocycles. The van der Waals surface area contributed by atoms with Crippen LogP contribution in [0, 0.1) is 13.8 Å². The Morgan fingerprint density at radius 3 is 2.52 bits per heavy atom. The molecule has 3 aromatic rings. The molecule has 5 nitrogen and oxygen atoms in total. The molecular weight excluding hydrogens is 310 g/mol. The number of carbonyl (C=O) groups is 2. The number of aromatic nitrogens is 2. The number of nitrogens with one attached hydrogen (secondary N) is 1. The quantitative estimate of drug-likeness (QED) is 0.591. The van der Waals surface area contributed by atoms with Crippen LogP contribution in [-0.4, -0.2) is 21.5 Å². The molecule has 3 rings (SSSR count). The van der Waals surface area contributed by atoms with Crippen LogP contribution >= 0.6 is 11.3 Å². The first-order valence-corrected chi connectivity index (χ1v) is 8.01. The molecule has 0 fully saturated rings. The summed E-state index contributed by atoms with van der Waals surface area (Å²) in [5, 5.41) is 10.6. The van der Waals surface area contributed by atoms with E-state index in [9.17, 15) is 9.59 Å². The molecule has 0 aliphatic rings. The number of hydrogen-bond donors (Lipinski definition) is 1. The van der Waals surface area contributed by atoms with Crippen molar-refractivity contribution in [2.24, 2.45) is 0 Å². The van der Waals surface area contributed by atoms with Crippen LogP contribution in [-0.2, 0) is 4.79 Å². The maximum atomic E-state index is 12.5. The number of rotatable bonds is 4. The predicted molar refractivity (Wildman–Crippen MR) is 90.3 cm³/mol. The average molecular weight is 325 g/mol. The molecule has 0 saturated heterocycles. The lowest BCUT2D eigenvalue weighted by molar-refractivity contribution is -0.112. The molecule has 2 heterocycles. The lowest BCUT2D eigenvalue weighted by atomic mass is 10.1. The number of para-hydroxylation sites is 1. The van der Waals surface area contributed by atoms with Gasteiger partial charge in [-0.05, 0) is 37.4 Å². The van der Waals surface area contributed by atoms with Gasteiger partial charge in [0, 0.05) is 5.38 Å². The molecule has 0 bridgehead atoms. The van der Waals surface area contributed by atoms with Crippen molar-refractivity contribution in [3.05, 3.63) is 64.1 Å². The Balaban J connectivity index is 1.92. The van der Waals surface area contributed by atoms with E-state index in [1.165, 1.54) is 11.3 Å². The summed E-state index contributed by atoms with van der Waals surface area (Å²) in [5.41, 5.74) is 3.02. The van der Waals surface area contributed by atoms with Crippen LogP contribution in [0.4, 0.5) is 5.69 Å². The molecule has 116 valence electrons. The molecule has 0 aliphatic heterocycles. The molecule has 23 heavy (non-hydrogen) atoms. The summed E-state index contributed by atoms with van der Waals surface area (Å²) in [7, 11) is 0. The van der Waals surface area contributed by atoms with Gasteiger partial charge in [-0.25, -0.2) is 4.68 Å². The monoisotopic (exact) mass is 325 g/mol. The predicted octanol–water partition coefficient (Wildman–Crippen LogP) is 3.37. The maximum Gasteiger partial charge on any atom is 0.296 e. The number of Topliss-reactive ketones (excluding diaryl/α,β-unsaturated/α-hetero) is 1. The average Bonchev–Trinajstić information content (AvgIpc) is 3.15. The Hall–Kier alpha value is -2.73. The second-order valence-electron chi connectivity index (χ2n) is 5.09. The van der Waals surface area contributed by atoms with Gasteiger partial charge in [-0.15, -0.1) is 0 Å². The van der Waals surface area contributed by atoms with Crippen LogP contribution in [0.5, 0.6) is 0 Å². The van der Waals surface area contributed by atoms with Crippen LogP contribution < -0.4 is 5.32 Å². The number of nitrogens with zero attached hydrogens (tertiary/aromatic N) is 2. The van der Waals surface area contributed by atoms with E-state index in [0.29, 0.717) is 22.6 Å². The molecule has 0 radical (unpaired) electrons. The first-order chi connectivity index (χ1) is 11.1. The van der Waals surface area contributed by atoms with Crippen molar-refractivity contribution in [1.29, 1.82) is 0 Å². The number of ketones is 1. The first-order valence-electron chi connectivity index (χ1n) is 7.07. The summed E-state index contributed by atoms with van der Waals surface area (Å²) < 4.78 is 1.68. The molecule has 0 spiro atoms. The zero-order chi connectivity index (χ0) is 16.4. The molecule has 0 atom stereocenters. The molecule has 0 unspecified atom stereocenters. The van der Waals surface area contributed by atoms with Crippen molar-refractivity contribution in [3.8, 4) is 5.69 Å². The molecule has 1 amide bonds. The van der Waals surface area contributed by atoms with E-state index in [1.807, 2.05) is 35.7 Å². The molecule has 0 saturated carbocycles. The molecule has 6 heteroatoms. The molecule has 1 aromatic carbocycles. The van der Waals surface area contributed by atoms with Crippen molar-refractivity contribution in [1.82, 2.24) is 9.78 Å². The number of hydrogen-bond acceptors (Lipinski definition) is 4. The third-order valence-electron chi connectivity index (χ3n) is 3.50. The first kappa shape index (κ1) is 15.2. The largest absolute Gasteiger partial charge is 0.318 e. The number of amides is 1. The molecule has 0 aliphatic carbocycles. The summed E-state index contributed by atoms with van der Waals surface area (Å²) in [6.45, 7) is 3.52. The number of benzene rings is 1. The minimum atomic E-state index is -0.651. The summed E-state index contributed by atoms with van der Waals surface area (Å²) in [6, 6.07) is 11.3. The van der Waals surface area contributed by atoms with E-state index in [4.69, 9.17) is 0 Å². The van der Waals surface area contributed by atoms with E-state index in [1.54, 1.807) is 30.0 Å². The minimum Gasteiger partial charge on any atom is -0.318 e. The Morgan fingerprint density at radius 1 is 1.13 bits per heavy atom. The van der Waals surface area contributed by atoms with Crippen molar-refractivity contribution in [2.45, 2.75) is 13.8 Å². The van der Waals surface area contributed by atoms with Crippen molar-refractivity contribution in [2.75, 3.05) is 5.32 Å². The lowest BCUT2D eigenvalue weighted by Gasteiger charge is -2.05. The fourth-order valence-corrected chi connectivity index (χ4v) is 3.02. The van der Waals surface area contributed by atoms with Gasteiger partial charge in [-0.3, -0.25) is 9.59 Å². The van der Waals surface area contributed by atoms with Crippen LogP contribution in [0.3, 0.4) is 0 Å². The van der Waals surface area contributed by atoms with Crippen LogP contribution in [0.25, 0.3) is 5.69 Å². The van der Waals surface area contributed by atoms with E-state index >= 15 is 0 Å². The van der Waals surface area contributed by atoms with Gasteiger partial charge in [0.1, 0.15) is 0 Å². The van der Waals surface area contributed by atoms with Gasteiger partial charge in [-0.2, -0.15) is 16.4 Å². The normalized spacial score (nSPS) is 10.5. The third kappa shape index (κ3) is 2.93. The van der Waals surface area contributed by atoms with Crippen molar-refractivity contribution in [3.63, 3.8) is 0 Å². The maximum absolute atomic E-state index is 12.5. The van der Waals surface area contributed by atoms with Gasteiger partial charge in [0.05, 0.1) is 28.3 Å². The third-order valence-corrected chi connectivity index (χ3v) is 4.19. The Bertz CT molecular complexity index is 852. The summed E-state index contributed by atoms with van der Waals surface area (Å²) in [4.78, 5) is 24.7. The summed E-state index contributed by atoms with van der Waals surface area (Å²) in [6.07, 6.45) is 0. The number of aryl methyl sites for hydroxylation is 1. The summed E-state index contributed by atoms with van der Waals surface area (Å²) >= 11 is 1.45. The van der Waals surface area contributed by atoms with Crippen molar-refractivity contribution < 1.29 is 9.59 Å². The highest BCUT2D eigenvalue weighted by Gasteiger charge is 2.25. The van der Waals surface area contributed by atoms with Crippen molar-refractivity contribution >= 4 is 28.7 Å². The Morgan fingerprint density at radius 2 is 1.87 bits per heavy atom. The second kappa shape index (κ2) is 6.18. The second-order valence-corrected chi connectivity index (χ2v) is 5.87. The lowest BCUT2D eigenvalue weighted by Crippen LogP contribution is -2.23. The van der Waals surface area contributed by atoms with Gasteiger partial charge in [0.2, 0.25) is 0 Å². The minimum absolute atomic E-state index is 0.349. The highest BCUT2D eigenvalue weighted by molar-refractivity contribution is 7.08.